The second-order valence-electron chi connectivity index (χ2n) is 5.21. The predicted molar refractivity (Wildman–Crippen MR) is 53.8 cm³/mol. The van der Waals surface area contributed by atoms with Crippen LogP contribution in [0.5, 0.6) is 0 Å². The van der Waals surface area contributed by atoms with Crippen molar-refractivity contribution in [1.29, 1.82) is 0 Å². The molecule has 3 heteroatoms. The standard InChI is InChI=1S/C11H18N2O/c14-10-11(3-5-12-10)4-6-13(8-11)7-9-1-2-9/h9H,1-8H2,(H,12,14). The Hall–Kier alpha value is -0.570. The number of amides is 1. The third-order valence-corrected chi connectivity index (χ3v) is 4.02. The molecule has 1 aliphatic carbocycles. The zero-order valence-electron chi connectivity index (χ0n) is 8.59. The molecule has 0 radical (unpaired) electrons. The van der Waals surface area contributed by atoms with Gasteiger partial charge in [0.2, 0.25) is 5.91 Å². The normalized spacial score (nSPS) is 38.1. The monoisotopic (exact) mass is 194 g/mol. The molecule has 3 nitrogen and oxygen atoms in total. The van der Waals surface area contributed by atoms with Crippen LogP contribution in [0.25, 0.3) is 0 Å². The first-order valence-electron chi connectivity index (χ1n) is 5.79. The highest BCUT2D eigenvalue weighted by atomic mass is 16.2. The first kappa shape index (κ1) is 8.72. The van der Waals surface area contributed by atoms with Crippen molar-refractivity contribution < 1.29 is 4.79 Å². The maximum Gasteiger partial charge on any atom is 0.227 e. The van der Waals surface area contributed by atoms with E-state index in [0.717, 1.165) is 38.4 Å². The van der Waals surface area contributed by atoms with Crippen LogP contribution < -0.4 is 5.32 Å². The lowest BCUT2D eigenvalue weighted by Crippen LogP contribution is -2.34. The molecule has 2 heterocycles. The Balaban J connectivity index is 1.64. The fourth-order valence-corrected chi connectivity index (χ4v) is 2.89. The van der Waals surface area contributed by atoms with Gasteiger partial charge in [0.25, 0.3) is 0 Å². The molecule has 2 saturated heterocycles. The highest BCUT2D eigenvalue weighted by Crippen LogP contribution is 2.39. The van der Waals surface area contributed by atoms with E-state index in [1.165, 1.54) is 19.4 Å². The largest absolute Gasteiger partial charge is 0.356 e. The molecule has 0 bridgehead atoms. The molecule has 0 aromatic carbocycles. The van der Waals surface area contributed by atoms with E-state index in [1.54, 1.807) is 0 Å². The molecule has 1 atom stereocenters. The summed E-state index contributed by atoms with van der Waals surface area (Å²) >= 11 is 0. The molecule has 1 amide bonds. The number of likely N-dealkylation sites (tertiary alicyclic amines) is 1. The van der Waals surface area contributed by atoms with Gasteiger partial charge in [-0.2, -0.15) is 0 Å². The van der Waals surface area contributed by atoms with Crippen molar-refractivity contribution in [3.05, 3.63) is 0 Å². The molecule has 3 rings (SSSR count). The Labute approximate surface area is 84.8 Å². The average Bonchev–Trinajstić information content (AvgIpc) is 2.77. The second-order valence-corrected chi connectivity index (χ2v) is 5.21. The van der Waals surface area contributed by atoms with Gasteiger partial charge in [-0.3, -0.25) is 4.79 Å². The molecule has 14 heavy (non-hydrogen) atoms. The van der Waals surface area contributed by atoms with E-state index in [9.17, 15) is 4.79 Å². The molecule has 3 aliphatic rings. The summed E-state index contributed by atoms with van der Waals surface area (Å²) in [6, 6.07) is 0. The van der Waals surface area contributed by atoms with Crippen molar-refractivity contribution in [3.63, 3.8) is 0 Å². The number of carbonyl (C=O) groups is 1. The molecule has 78 valence electrons. The fourth-order valence-electron chi connectivity index (χ4n) is 2.89. The van der Waals surface area contributed by atoms with Gasteiger partial charge in [-0.25, -0.2) is 0 Å². The zero-order chi connectivity index (χ0) is 9.60. The highest BCUT2D eigenvalue weighted by Gasteiger charge is 2.47. The van der Waals surface area contributed by atoms with Crippen molar-refractivity contribution in [2.24, 2.45) is 11.3 Å². The molecule has 1 spiro atoms. The van der Waals surface area contributed by atoms with Gasteiger partial charge < -0.3 is 10.2 Å². The minimum Gasteiger partial charge on any atom is -0.356 e. The number of nitrogens with zero attached hydrogens (tertiary/aromatic N) is 1. The number of hydrogen-bond donors (Lipinski definition) is 1. The fraction of sp³-hybridized carbons (Fsp3) is 0.909. The van der Waals surface area contributed by atoms with Gasteiger partial charge in [0, 0.05) is 19.6 Å². The number of hydrogen-bond acceptors (Lipinski definition) is 2. The van der Waals surface area contributed by atoms with Crippen LogP contribution in [-0.4, -0.2) is 37.0 Å². The van der Waals surface area contributed by atoms with Gasteiger partial charge >= 0.3 is 0 Å². The Morgan fingerprint density at radius 1 is 1.43 bits per heavy atom. The summed E-state index contributed by atoms with van der Waals surface area (Å²) < 4.78 is 0. The third kappa shape index (κ3) is 1.34. The minimum absolute atomic E-state index is 0.00882. The van der Waals surface area contributed by atoms with Crippen LogP contribution in [0, 0.1) is 11.3 Å². The molecule has 1 saturated carbocycles. The Morgan fingerprint density at radius 3 is 2.93 bits per heavy atom. The SMILES string of the molecule is O=C1NCCC12CCN(CC1CC1)C2. The van der Waals surface area contributed by atoms with Gasteiger partial charge in [0.05, 0.1) is 5.41 Å². The van der Waals surface area contributed by atoms with E-state index < -0.39 is 0 Å². The van der Waals surface area contributed by atoms with Crippen LogP contribution >= 0.6 is 0 Å². The molecule has 1 unspecified atom stereocenters. The summed E-state index contributed by atoms with van der Waals surface area (Å²) in [6.07, 6.45) is 4.98. The predicted octanol–water partition coefficient (Wildman–Crippen LogP) is 0.608. The zero-order valence-corrected chi connectivity index (χ0v) is 8.59. The highest BCUT2D eigenvalue weighted by molar-refractivity contribution is 5.85. The summed E-state index contributed by atoms with van der Waals surface area (Å²) in [5.74, 6) is 1.27. The molecule has 1 N–H and O–H groups in total. The van der Waals surface area contributed by atoms with Gasteiger partial charge in [-0.15, -0.1) is 0 Å². The van der Waals surface area contributed by atoms with Crippen molar-refractivity contribution in [1.82, 2.24) is 10.2 Å². The van der Waals surface area contributed by atoms with Crippen molar-refractivity contribution in [3.8, 4) is 0 Å². The van der Waals surface area contributed by atoms with E-state index in [-0.39, 0.29) is 5.41 Å². The quantitative estimate of drug-likeness (QED) is 0.698. The summed E-state index contributed by atoms with van der Waals surface area (Å²) in [7, 11) is 0. The molecule has 0 aromatic heterocycles. The van der Waals surface area contributed by atoms with Gasteiger partial charge in [0.1, 0.15) is 0 Å². The maximum absolute atomic E-state index is 11.7. The lowest BCUT2D eigenvalue weighted by Gasteiger charge is -2.20. The first-order valence-corrected chi connectivity index (χ1v) is 5.79. The number of nitrogens with one attached hydrogen (secondary N) is 1. The van der Waals surface area contributed by atoms with Crippen LogP contribution in [0.4, 0.5) is 0 Å². The van der Waals surface area contributed by atoms with E-state index >= 15 is 0 Å². The van der Waals surface area contributed by atoms with E-state index in [2.05, 4.69) is 10.2 Å². The van der Waals surface area contributed by atoms with E-state index in [1.807, 2.05) is 0 Å². The Morgan fingerprint density at radius 2 is 2.29 bits per heavy atom. The van der Waals surface area contributed by atoms with Crippen molar-refractivity contribution in [2.75, 3.05) is 26.2 Å². The third-order valence-electron chi connectivity index (χ3n) is 4.02. The van der Waals surface area contributed by atoms with Crippen molar-refractivity contribution in [2.45, 2.75) is 25.7 Å². The molecule has 0 aromatic rings. The second kappa shape index (κ2) is 2.96. The van der Waals surface area contributed by atoms with Crippen LogP contribution in [0.15, 0.2) is 0 Å². The van der Waals surface area contributed by atoms with Crippen molar-refractivity contribution >= 4 is 5.91 Å². The molecule has 3 fully saturated rings. The van der Waals surface area contributed by atoms with Crippen LogP contribution in [0.2, 0.25) is 0 Å². The smallest absolute Gasteiger partial charge is 0.227 e. The lowest BCUT2D eigenvalue weighted by molar-refractivity contribution is -0.127. The minimum atomic E-state index is 0.00882. The van der Waals surface area contributed by atoms with Crippen LogP contribution in [-0.2, 0) is 4.79 Å². The molecular formula is C11H18N2O. The average molecular weight is 194 g/mol. The maximum atomic E-state index is 11.7. The lowest BCUT2D eigenvalue weighted by atomic mass is 9.86. The van der Waals surface area contributed by atoms with Gasteiger partial charge in [-0.1, -0.05) is 0 Å². The summed E-state index contributed by atoms with van der Waals surface area (Å²) in [6.45, 7) is 4.31. The Kier molecular flexibility index (Phi) is 1.84. The number of carbonyl (C=O) groups excluding carboxylic acids is 1. The van der Waals surface area contributed by atoms with Gasteiger partial charge in [0.15, 0.2) is 0 Å². The topological polar surface area (TPSA) is 32.3 Å². The molecular weight excluding hydrogens is 176 g/mol. The van der Waals surface area contributed by atoms with Gasteiger partial charge in [-0.05, 0) is 38.1 Å². The first-order chi connectivity index (χ1) is 6.78. The summed E-state index contributed by atoms with van der Waals surface area (Å²) in [5, 5.41) is 2.98. The Bertz CT molecular complexity index is 262. The van der Waals surface area contributed by atoms with Crippen LogP contribution in [0.1, 0.15) is 25.7 Å². The summed E-state index contributed by atoms with van der Waals surface area (Å²) in [4.78, 5) is 14.2. The van der Waals surface area contributed by atoms with E-state index in [0.29, 0.717) is 5.91 Å². The molecule has 2 aliphatic heterocycles. The number of rotatable bonds is 2. The summed E-state index contributed by atoms with van der Waals surface area (Å²) in [5.41, 5.74) is 0.00882. The van der Waals surface area contributed by atoms with E-state index in [4.69, 9.17) is 0 Å². The van der Waals surface area contributed by atoms with Crippen LogP contribution in [0.3, 0.4) is 0 Å².